The Morgan fingerprint density at radius 2 is 1.45 bits per heavy atom. The van der Waals surface area contributed by atoms with E-state index in [4.69, 9.17) is 0 Å². The van der Waals surface area contributed by atoms with Gasteiger partial charge in [0.2, 0.25) is 0 Å². The van der Waals surface area contributed by atoms with Gasteiger partial charge in [0.25, 0.3) is 0 Å². The Balaban J connectivity index is 2.13. The molecule has 112 valence electrons. The fraction of sp³-hybridized carbons (Fsp3) is 0.273. The first-order valence-corrected chi connectivity index (χ1v) is 8.39. The molecule has 0 aromatic heterocycles. The Hall–Kier alpha value is -2.08. The van der Waals surface area contributed by atoms with Crippen LogP contribution in [-0.2, 0) is 0 Å². The van der Waals surface area contributed by atoms with Crippen LogP contribution in [0.15, 0.2) is 66.7 Å². The SMILES string of the molecule is C=Cc1cccc(C(=C2CCCCCC2)c2ccccc2)c1. The molecule has 0 unspecified atom stereocenters. The molecule has 1 saturated carbocycles. The number of hydrogen-bond acceptors (Lipinski definition) is 0. The zero-order valence-electron chi connectivity index (χ0n) is 13.2. The maximum Gasteiger partial charge on any atom is -0.0119 e. The molecule has 2 aromatic rings. The normalized spacial score (nSPS) is 15.2. The third-order valence-corrected chi connectivity index (χ3v) is 4.53. The molecule has 1 aliphatic rings. The number of rotatable bonds is 3. The predicted octanol–water partition coefficient (Wildman–Crippen LogP) is 6.49. The van der Waals surface area contributed by atoms with E-state index < -0.39 is 0 Å². The minimum atomic E-state index is 1.19. The first-order chi connectivity index (χ1) is 10.9. The van der Waals surface area contributed by atoms with Gasteiger partial charge in [0, 0.05) is 0 Å². The summed E-state index contributed by atoms with van der Waals surface area (Å²) in [6.07, 6.45) is 9.81. The fourth-order valence-electron chi connectivity index (χ4n) is 3.41. The summed E-state index contributed by atoms with van der Waals surface area (Å²) in [6.45, 7) is 3.92. The lowest BCUT2D eigenvalue weighted by Crippen LogP contribution is -1.95. The largest absolute Gasteiger partial charge is 0.0985 e. The van der Waals surface area contributed by atoms with Crippen molar-refractivity contribution in [1.29, 1.82) is 0 Å². The number of allylic oxidation sites excluding steroid dienone is 1. The molecule has 0 radical (unpaired) electrons. The van der Waals surface area contributed by atoms with E-state index in [2.05, 4.69) is 61.2 Å². The van der Waals surface area contributed by atoms with Gasteiger partial charge < -0.3 is 0 Å². The van der Waals surface area contributed by atoms with Crippen LogP contribution < -0.4 is 0 Å². The zero-order valence-corrected chi connectivity index (χ0v) is 13.2. The lowest BCUT2D eigenvalue weighted by Gasteiger charge is -2.16. The Morgan fingerprint density at radius 3 is 2.14 bits per heavy atom. The third kappa shape index (κ3) is 3.39. The Morgan fingerprint density at radius 1 is 0.773 bits per heavy atom. The van der Waals surface area contributed by atoms with E-state index in [9.17, 15) is 0 Å². The average molecular weight is 288 g/mol. The molecule has 0 amide bonds. The molecule has 0 atom stereocenters. The smallest absolute Gasteiger partial charge is 0.0119 e. The van der Waals surface area contributed by atoms with Gasteiger partial charge in [-0.15, -0.1) is 0 Å². The molecular weight excluding hydrogens is 264 g/mol. The highest BCUT2D eigenvalue weighted by atomic mass is 14.2. The Labute approximate surface area is 134 Å². The minimum absolute atomic E-state index is 1.19. The van der Waals surface area contributed by atoms with Crippen molar-refractivity contribution < 1.29 is 0 Å². The molecule has 0 saturated heterocycles. The van der Waals surface area contributed by atoms with Crippen molar-refractivity contribution in [2.45, 2.75) is 38.5 Å². The lowest BCUT2D eigenvalue weighted by molar-refractivity contribution is 0.702. The van der Waals surface area contributed by atoms with Gasteiger partial charge in [0.15, 0.2) is 0 Å². The van der Waals surface area contributed by atoms with Gasteiger partial charge in [0.1, 0.15) is 0 Å². The van der Waals surface area contributed by atoms with Gasteiger partial charge in [-0.1, -0.05) is 79.6 Å². The lowest BCUT2D eigenvalue weighted by atomic mass is 9.89. The third-order valence-electron chi connectivity index (χ3n) is 4.53. The topological polar surface area (TPSA) is 0 Å². The number of benzene rings is 2. The van der Waals surface area contributed by atoms with Crippen LogP contribution in [0.2, 0.25) is 0 Å². The molecule has 1 fully saturated rings. The first kappa shape index (κ1) is 14.8. The molecule has 0 nitrogen and oxygen atoms in total. The van der Waals surface area contributed by atoms with Gasteiger partial charge in [-0.2, -0.15) is 0 Å². The van der Waals surface area contributed by atoms with Crippen LogP contribution in [0.25, 0.3) is 11.6 Å². The van der Waals surface area contributed by atoms with Gasteiger partial charge in [-0.3, -0.25) is 0 Å². The van der Waals surface area contributed by atoms with Crippen LogP contribution in [0, 0.1) is 0 Å². The summed E-state index contributed by atoms with van der Waals surface area (Å²) in [5.74, 6) is 0. The van der Waals surface area contributed by atoms with Crippen molar-refractivity contribution in [1.82, 2.24) is 0 Å². The van der Waals surface area contributed by atoms with Crippen LogP contribution in [-0.4, -0.2) is 0 Å². The molecule has 0 heteroatoms. The summed E-state index contributed by atoms with van der Waals surface area (Å²) in [4.78, 5) is 0. The standard InChI is InChI=1S/C22H24/c1-2-18-11-10-16-21(17-18)22(20-14-8-5-9-15-20)19-12-6-3-4-7-13-19/h2,5,8-11,14-17H,1,3-4,6-7,12-13H2. The summed E-state index contributed by atoms with van der Waals surface area (Å²) in [7, 11) is 0. The van der Waals surface area contributed by atoms with Crippen LogP contribution in [0.5, 0.6) is 0 Å². The van der Waals surface area contributed by atoms with Crippen molar-refractivity contribution in [3.63, 3.8) is 0 Å². The molecule has 0 spiro atoms. The first-order valence-electron chi connectivity index (χ1n) is 8.39. The van der Waals surface area contributed by atoms with Gasteiger partial charge in [-0.05, 0) is 54.0 Å². The second-order valence-corrected chi connectivity index (χ2v) is 6.09. The number of hydrogen-bond donors (Lipinski definition) is 0. The summed E-state index contributed by atoms with van der Waals surface area (Å²) in [6, 6.07) is 19.7. The van der Waals surface area contributed by atoms with Crippen molar-refractivity contribution in [2.24, 2.45) is 0 Å². The highest BCUT2D eigenvalue weighted by Gasteiger charge is 2.14. The van der Waals surface area contributed by atoms with E-state index in [1.165, 1.54) is 60.8 Å². The van der Waals surface area contributed by atoms with Crippen LogP contribution in [0.4, 0.5) is 0 Å². The highest BCUT2D eigenvalue weighted by molar-refractivity contribution is 5.83. The van der Waals surface area contributed by atoms with Gasteiger partial charge in [-0.25, -0.2) is 0 Å². The van der Waals surface area contributed by atoms with Crippen molar-refractivity contribution in [3.8, 4) is 0 Å². The van der Waals surface area contributed by atoms with Crippen molar-refractivity contribution in [2.75, 3.05) is 0 Å². The molecular formula is C22H24. The zero-order chi connectivity index (χ0) is 15.2. The Kier molecular flexibility index (Phi) is 4.90. The van der Waals surface area contributed by atoms with E-state index in [1.807, 2.05) is 6.08 Å². The molecule has 3 rings (SSSR count). The minimum Gasteiger partial charge on any atom is -0.0985 e. The summed E-state index contributed by atoms with van der Waals surface area (Å²) >= 11 is 0. The fourth-order valence-corrected chi connectivity index (χ4v) is 3.41. The van der Waals surface area contributed by atoms with E-state index in [0.717, 1.165) is 0 Å². The summed E-state index contributed by atoms with van der Waals surface area (Å²) in [5.41, 5.74) is 6.96. The maximum atomic E-state index is 3.92. The van der Waals surface area contributed by atoms with E-state index in [0.29, 0.717) is 0 Å². The van der Waals surface area contributed by atoms with Crippen molar-refractivity contribution in [3.05, 3.63) is 83.4 Å². The molecule has 2 aromatic carbocycles. The van der Waals surface area contributed by atoms with Crippen LogP contribution in [0.3, 0.4) is 0 Å². The average Bonchev–Trinajstić information content (AvgIpc) is 2.86. The quantitative estimate of drug-likeness (QED) is 0.566. The molecule has 22 heavy (non-hydrogen) atoms. The molecule has 0 N–H and O–H groups in total. The van der Waals surface area contributed by atoms with E-state index in [-0.39, 0.29) is 0 Å². The predicted molar refractivity (Wildman–Crippen MR) is 96.7 cm³/mol. The van der Waals surface area contributed by atoms with E-state index in [1.54, 1.807) is 5.57 Å². The van der Waals surface area contributed by atoms with E-state index >= 15 is 0 Å². The highest BCUT2D eigenvalue weighted by Crippen LogP contribution is 2.34. The molecule has 0 heterocycles. The van der Waals surface area contributed by atoms with Crippen molar-refractivity contribution >= 4 is 11.6 Å². The van der Waals surface area contributed by atoms with Gasteiger partial charge in [0.05, 0.1) is 0 Å². The summed E-state index contributed by atoms with van der Waals surface area (Å²) < 4.78 is 0. The van der Waals surface area contributed by atoms with Gasteiger partial charge >= 0.3 is 0 Å². The van der Waals surface area contributed by atoms with Crippen LogP contribution >= 0.6 is 0 Å². The molecule has 0 aliphatic heterocycles. The molecule has 1 aliphatic carbocycles. The second-order valence-electron chi connectivity index (χ2n) is 6.09. The summed E-state index contributed by atoms with van der Waals surface area (Å²) in [5, 5.41) is 0. The molecule has 0 bridgehead atoms. The second kappa shape index (κ2) is 7.26. The monoisotopic (exact) mass is 288 g/mol. The Bertz CT molecular complexity index is 651. The van der Waals surface area contributed by atoms with Crippen LogP contribution in [0.1, 0.15) is 55.2 Å². The maximum absolute atomic E-state index is 3.92.